The third kappa shape index (κ3) is 2.32. The van der Waals surface area contributed by atoms with Gasteiger partial charge in [0.1, 0.15) is 0 Å². The molecule has 0 aliphatic carbocycles. The van der Waals surface area contributed by atoms with E-state index < -0.39 is 0 Å². The van der Waals surface area contributed by atoms with Crippen molar-refractivity contribution in [2.75, 3.05) is 0 Å². The van der Waals surface area contributed by atoms with Gasteiger partial charge in [-0.05, 0) is 35.2 Å². The maximum atomic E-state index is 2.22. The average Bonchev–Trinajstić information content (AvgIpc) is 2.80. The van der Waals surface area contributed by atoms with Crippen molar-refractivity contribution in [2.45, 2.75) is 6.92 Å². The van der Waals surface area contributed by atoms with Crippen molar-refractivity contribution in [1.82, 2.24) is 4.57 Å². The van der Waals surface area contributed by atoms with Gasteiger partial charge in [0.25, 0.3) is 0 Å². The van der Waals surface area contributed by atoms with Crippen LogP contribution in [-0.2, 0) is 7.05 Å². The van der Waals surface area contributed by atoms with Gasteiger partial charge in [-0.2, -0.15) is 0 Å². The molecule has 0 spiro atoms. The van der Waals surface area contributed by atoms with E-state index in [0.29, 0.717) is 0 Å². The van der Waals surface area contributed by atoms with E-state index in [2.05, 4.69) is 79.3 Å². The minimum Gasteiger partial charge on any atom is -0.354 e. The summed E-state index contributed by atoms with van der Waals surface area (Å²) in [5, 5.41) is 0. The summed E-state index contributed by atoms with van der Waals surface area (Å²) in [5.74, 6) is 0. The summed E-state index contributed by atoms with van der Waals surface area (Å²) in [7, 11) is 2.08. The van der Waals surface area contributed by atoms with Crippen LogP contribution in [0.3, 0.4) is 0 Å². The highest BCUT2D eigenvalue weighted by Crippen LogP contribution is 2.25. The second kappa shape index (κ2) is 4.77. The SMILES string of the molecule is Cc1cc(-c2ccc(-c3ccccc3)cc2)cn1C. The Morgan fingerprint density at radius 3 is 1.74 bits per heavy atom. The van der Waals surface area contributed by atoms with Gasteiger partial charge < -0.3 is 4.57 Å². The molecule has 1 nitrogen and oxygen atoms in total. The molecule has 0 bridgehead atoms. The lowest BCUT2D eigenvalue weighted by Crippen LogP contribution is -1.85. The molecule has 0 aliphatic rings. The van der Waals surface area contributed by atoms with Crippen LogP contribution in [0, 0.1) is 6.92 Å². The first-order chi connectivity index (χ1) is 9.24. The summed E-state index contributed by atoms with van der Waals surface area (Å²) in [6, 6.07) is 21.5. The summed E-state index contributed by atoms with van der Waals surface area (Å²) in [4.78, 5) is 0. The Kier molecular flexibility index (Phi) is 2.96. The van der Waals surface area contributed by atoms with Crippen LogP contribution in [0.5, 0.6) is 0 Å². The van der Waals surface area contributed by atoms with E-state index >= 15 is 0 Å². The highest BCUT2D eigenvalue weighted by molar-refractivity contribution is 5.70. The van der Waals surface area contributed by atoms with Crippen molar-refractivity contribution in [1.29, 1.82) is 0 Å². The van der Waals surface area contributed by atoms with E-state index in [-0.39, 0.29) is 0 Å². The zero-order chi connectivity index (χ0) is 13.2. The summed E-state index contributed by atoms with van der Waals surface area (Å²) < 4.78 is 2.15. The van der Waals surface area contributed by atoms with Crippen molar-refractivity contribution >= 4 is 0 Å². The van der Waals surface area contributed by atoms with Gasteiger partial charge in [0.2, 0.25) is 0 Å². The zero-order valence-electron chi connectivity index (χ0n) is 11.3. The lowest BCUT2D eigenvalue weighted by atomic mass is 10.0. The third-order valence-electron chi connectivity index (χ3n) is 3.58. The average molecular weight is 247 g/mol. The summed E-state index contributed by atoms with van der Waals surface area (Å²) in [6.07, 6.45) is 2.17. The third-order valence-corrected chi connectivity index (χ3v) is 3.58. The number of nitrogens with zero attached hydrogens (tertiary/aromatic N) is 1. The van der Waals surface area contributed by atoms with Gasteiger partial charge in [-0.15, -0.1) is 0 Å². The topological polar surface area (TPSA) is 4.93 Å². The Bertz CT molecular complexity index is 656. The van der Waals surface area contributed by atoms with Gasteiger partial charge >= 0.3 is 0 Å². The summed E-state index contributed by atoms with van der Waals surface area (Å²) in [6.45, 7) is 2.13. The van der Waals surface area contributed by atoms with Crippen LogP contribution in [0.25, 0.3) is 22.3 Å². The van der Waals surface area contributed by atoms with Crippen molar-refractivity contribution in [2.24, 2.45) is 7.05 Å². The van der Waals surface area contributed by atoms with E-state index in [4.69, 9.17) is 0 Å². The lowest BCUT2D eigenvalue weighted by Gasteiger charge is -2.03. The number of aromatic nitrogens is 1. The van der Waals surface area contributed by atoms with Crippen molar-refractivity contribution in [3.63, 3.8) is 0 Å². The van der Waals surface area contributed by atoms with E-state index in [1.807, 2.05) is 6.07 Å². The van der Waals surface area contributed by atoms with Crippen LogP contribution in [0.2, 0.25) is 0 Å². The van der Waals surface area contributed by atoms with Crippen molar-refractivity contribution < 1.29 is 0 Å². The van der Waals surface area contributed by atoms with E-state index in [1.54, 1.807) is 0 Å². The number of rotatable bonds is 2. The van der Waals surface area contributed by atoms with Crippen LogP contribution >= 0.6 is 0 Å². The molecular formula is C18H17N. The Labute approximate surface area is 114 Å². The van der Waals surface area contributed by atoms with Gasteiger partial charge in [0.15, 0.2) is 0 Å². The molecule has 2 aromatic carbocycles. The van der Waals surface area contributed by atoms with Gasteiger partial charge in [-0.25, -0.2) is 0 Å². The number of hydrogen-bond acceptors (Lipinski definition) is 0. The zero-order valence-corrected chi connectivity index (χ0v) is 11.3. The molecular weight excluding hydrogens is 230 g/mol. The molecule has 0 fully saturated rings. The molecule has 0 radical (unpaired) electrons. The van der Waals surface area contributed by atoms with Gasteiger partial charge in [-0.3, -0.25) is 0 Å². The predicted octanol–water partition coefficient (Wildman–Crippen LogP) is 4.67. The minimum atomic E-state index is 1.26. The van der Waals surface area contributed by atoms with Crippen LogP contribution < -0.4 is 0 Å². The second-order valence-corrected chi connectivity index (χ2v) is 4.92. The molecule has 0 atom stereocenters. The molecule has 0 N–H and O–H groups in total. The maximum Gasteiger partial charge on any atom is 0.0147 e. The fourth-order valence-corrected chi connectivity index (χ4v) is 2.32. The van der Waals surface area contributed by atoms with Crippen LogP contribution in [0.1, 0.15) is 5.69 Å². The number of benzene rings is 2. The molecule has 19 heavy (non-hydrogen) atoms. The minimum absolute atomic E-state index is 1.26. The van der Waals surface area contributed by atoms with Crippen LogP contribution in [0.15, 0.2) is 66.9 Å². The van der Waals surface area contributed by atoms with Crippen LogP contribution in [0.4, 0.5) is 0 Å². The number of aryl methyl sites for hydroxylation is 2. The molecule has 3 rings (SSSR count). The van der Waals surface area contributed by atoms with Crippen molar-refractivity contribution in [3.05, 3.63) is 72.6 Å². The Hall–Kier alpha value is -2.28. The maximum absolute atomic E-state index is 2.22. The normalized spacial score (nSPS) is 10.6. The highest BCUT2D eigenvalue weighted by atomic mass is 14.9. The van der Waals surface area contributed by atoms with E-state index in [1.165, 1.54) is 27.9 Å². The van der Waals surface area contributed by atoms with E-state index in [9.17, 15) is 0 Å². The van der Waals surface area contributed by atoms with Gasteiger partial charge in [-0.1, -0.05) is 54.6 Å². The molecule has 0 aliphatic heterocycles. The molecule has 1 heteroatoms. The molecule has 0 saturated carbocycles. The summed E-state index contributed by atoms with van der Waals surface area (Å²) in [5.41, 5.74) is 6.35. The smallest absolute Gasteiger partial charge is 0.0147 e. The van der Waals surface area contributed by atoms with Crippen molar-refractivity contribution in [3.8, 4) is 22.3 Å². The largest absolute Gasteiger partial charge is 0.354 e. The van der Waals surface area contributed by atoms with Gasteiger partial charge in [0, 0.05) is 18.9 Å². The molecule has 1 aromatic heterocycles. The molecule has 3 aromatic rings. The highest BCUT2D eigenvalue weighted by Gasteiger charge is 2.03. The molecule has 0 amide bonds. The fraction of sp³-hybridized carbons (Fsp3) is 0.111. The summed E-state index contributed by atoms with van der Waals surface area (Å²) >= 11 is 0. The van der Waals surface area contributed by atoms with Gasteiger partial charge in [0.05, 0.1) is 0 Å². The second-order valence-electron chi connectivity index (χ2n) is 4.92. The molecule has 1 heterocycles. The van der Waals surface area contributed by atoms with E-state index in [0.717, 1.165) is 0 Å². The molecule has 94 valence electrons. The monoisotopic (exact) mass is 247 g/mol. The molecule has 0 unspecified atom stereocenters. The lowest BCUT2D eigenvalue weighted by molar-refractivity contribution is 0.883. The fourth-order valence-electron chi connectivity index (χ4n) is 2.32. The first-order valence-corrected chi connectivity index (χ1v) is 6.53. The predicted molar refractivity (Wildman–Crippen MR) is 81.0 cm³/mol. The standard InChI is InChI=1S/C18H17N/c1-14-12-18(13-19(14)2)17-10-8-16(9-11-17)15-6-4-3-5-7-15/h3-13H,1-2H3. The Morgan fingerprint density at radius 2 is 1.21 bits per heavy atom. The first kappa shape index (κ1) is 11.8. The first-order valence-electron chi connectivity index (χ1n) is 6.53. The van der Waals surface area contributed by atoms with Crippen LogP contribution in [-0.4, -0.2) is 4.57 Å². The quantitative estimate of drug-likeness (QED) is 0.620. The molecule has 0 saturated heterocycles. The Balaban J connectivity index is 1.95. The number of hydrogen-bond donors (Lipinski definition) is 0. The Morgan fingerprint density at radius 1 is 0.684 bits per heavy atom.